The molecule has 2 atom stereocenters. The number of amides is 1. The van der Waals surface area contributed by atoms with E-state index in [1.165, 1.54) is 18.2 Å². The number of aromatic hydroxyl groups is 2. The van der Waals surface area contributed by atoms with Crippen LogP contribution in [0.3, 0.4) is 0 Å². The van der Waals surface area contributed by atoms with Gasteiger partial charge in [-0.3, -0.25) is 4.79 Å². The van der Waals surface area contributed by atoms with Gasteiger partial charge in [-0.15, -0.1) is 0 Å². The first kappa shape index (κ1) is 12.7. The summed E-state index contributed by atoms with van der Waals surface area (Å²) in [6, 6.07) is 4.38. The minimum absolute atomic E-state index is 0.0156. The third kappa shape index (κ3) is 2.13. The molecule has 2 rings (SSSR count). The normalized spacial score (nSPS) is 24.0. The smallest absolute Gasteiger partial charge is 0.261 e. The summed E-state index contributed by atoms with van der Waals surface area (Å²) in [6.45, 7) is 5.31. The Balaban J connectivity index is 2.35. The number of piperazine rings is 1. The monoisotopic (exact) mass is 250 g/mol. The number of hydrogen-bond donors (Lipinski definition) is 3. The fourth-order valence-corrected chi connectivity index (χ4v) is 2.41. The van der Waals surface area contributed by atoms with Crippen LogP contribution in [-0.4, -0.2) is 46.2 Å². The maximum Gasteiger partial charge on any atom is 0.261 e. The number of carbonyl (C=O) groups is 1. The molecule has 18 heavy (non-hydrogen) atoms. The Morgan fingerprint density at radius 1 is 1.22 bits per heavy atom. The highest BCUT2D eigenvalue weighted by Crippen LogP contribution is 2.29. The van der Waals surface area contributed by atoms with Crippen molar-refractivity contribution in [3.8, 4) is 11.5 Å². The largest absolute Gasteiger partial charge is 0.507 e. The van der Waals surface area contributed by atoms with Crippen molar-refractivity contribution >= 4 is 5.91 Å². The van der Waals surface area contributed by atoms with Crippen molar-refractivity contribution in [2.75, 3.05) is 13.1 Å². The van der Waals surface area contributed by atoms with Crippen LogP contribution in [0.25, 0.3) is 0 Å². The Kier molecular flexibility index (Phi) is 3.43. The van der Waals surface area contributed by atoms with Gasteiger partial charge >= 0.3 is 0 Å². The van der Waals surface area contributed by atoms with E-state index >= 15 is 0 Å². The molecule has 98 valence electrons. The van der Waals surface area contributed by atoms with Crippen molar-refractivity contribution in [3.63, 3.8) is 0 Å². The highest BCUT2D eigenvalue weighted by molar-refractivity contribution is 5.99. The van der Waals surface area contributed by atoms with E-state index in [4.69, 9.17) is 0 Å². The van der Waals surface area contributed by atoms with E-state index in [1.54, 1.807) is 4.90 Å². The van der Waals surface area contributed by atoms with E-state index in [-0.39, 0.29) is 35.1 Å². The lowest BCUT2D eigenvalue weighted by atomic mass is 10.1. The third-order valence-corrected chi connectivity index (χ3v) is 3.30. The summed E-state index contributed by atoms with van der Waals surface area (Å²) in [7, 11) is 0. The van der Waals surface area contributed by atoms with Crippen LogP contribution in [0.4, 0.5) is 0 Å². The lowest BCUT2D eigenvalue weighted by molar-refractivity contribution is 0.0538. The molecule has 1 aliphatic rings. The molecule has 0 spiro atoms. The second kappa shape index (κ2) is 4.86. The van der Waals surface area contributed by atoms with Crippen LogP contribution >= 0.6 is 0 Å². The zero-order valence-electron chi connectivity index (χ0n) is 10.6. The predicted molar refractivity (Wildman–Crippen MR) is 67.7 cm³/mol. The minimum Gasteiger partial charge on any atom is -0.507 e. The first-order valence-corrected chi connectivity index (χ1v) is 6.06. The van der Waals surface area contributed by atoms with Gasteiger partial charge in [-0.1, -0.05) is 6.07 Å². The van der Waals surface area contributed by atoms with E-state index in [2.05, 4.69) is 5.32 Å². The third-order valence-electron chi connectivity index (χ3n) is 3.30. The van der Waals surface area contributed by atoms with Crippen molar-refractivity contribution < 1.29 is 15.0 Å². The van der Waals surface area contributed by atoms with E-state index in [0.29, 0.717) is 13.1 Å². The zero-order valence-corrected chi connectivity index (χ0v) is 10.6. The van der Waals surface area contributed by atoms with Gasteiger partial charge < -0.3 is 20.4 Å². The topological polar surface area (TPSA) is 72.8 Å². The lowest BCUT2D eigenvalue weighted by Gasteiger charge is -2.39. The molecule has 0 saturated carbocycles. The molecule has 1 aliphatic heterocycles. The van der Waals surface area contributed by atoms with Crippen molar-refractivity contribution in [2.24, 2.45) is 0 Å². The van der Waals surface area contributed by atoms with Crippen molar-refractivity contribution in [1.29, 1.82) is 0 Å². The second-order valence-electron chi connectivity index (χ2n) is 4.74. The number of carbonyl (C=O) groups excluding carboxylic acids is 1. The first-order valence-electron chi connectivity index (χ1n) is 6.06. The summed E-state index contributed by atoms with van der Waals surface area (Å²) >= 11 is 0. The number of phenols is 2. The summed E-state index contributed by atoms with van der Waals surface area (Å²) in [4.78, 5) is 14.1. The molecule has 0 radical (unpaired) electrons. The number of rotatable bonds is 1. The molecule has 0 bridgehead atoms. The number of phenolic OH excluding ortho intramolecular Hbond substituents is 2. The van der Waals surface area contributed by atoms with Gasteiger partial charge in [0.15, 0.2) is 0 Å². The molecule has 5 heteroatoms. The van der Waals surface area contributed by atoms with E-state index in [9.17, 15) is 15.0 Å². The molecule has 5 nitrogen and oxygen atoms in total. The van der Waals surface area contributed by atoms with E-state index in [1.807, 2.05) is 13.8 Å². The molecular formula is C13H18N2O3. The second-order valence-corrected chi connectivity index (χ2v) is 4.74. The molecule has 3 N–H and O–H groups in total. The first-order chi connectivity index (χ1) is 8.52. The van der Waals surface area contributed by atoms with Gasteiger partial charge in [-0.25, -0.2) is 0 Å². The van der Waals surface area contributed by atoms with Crippen LogP contribution < -0.4 is 5.32 Å². The van der Waals surface area contributed by atoms with Gasteiger partial charge in [0.25, 0.3) is 5.91 Å². The molecular weight excluding hydrogens is 232 g/mol. The van der Waals surface area contributed by atoms with Crippen LogP contribution in [0.1, 0.15) is 24.2 Å². The van der Waals surface area contributed by atoms with Gasteiger partial charge in [0.1, 0.15) is 17.1 Å². The van der Waals surface area contributed by atoms with Gasteiger partial charge in [-0.2, -0.15) is 0 Å². The van der Waals surface area contributed by atoms with Crippen molar-refractivity contribution in [2.45, 2.75) is 25.9 Å². The summed E-state index contributed by atoms with van der Waals surface area (Å²) in [5.74, 6) is -0.692. The van der Waals surface area contributed by atoms with Gasteiger partial charge in [0, 0.05) is 25.2 Å². The Bertz CT molecular complexity index is 431. The summed E-state index contributed by atoms with van der Waals surface area (Å²) in [5.41, 5.74) is -0.0156. The molecule has 1 saturated heterocycles. The van der Waals surface area contributed by atoms with Crippen LogP contribution in [0.15, 0.2) is 18.2 Å². The zero-order chi connectivity index (χ0) is 13.3. The maximum atomic E-state index is 12.4. The number of hydrogen-bond acceptors (Lipinski definition) is 4. The maximum absolute atomic E-state index is 12.4. The van der Waals surface area contributed by atoms with E-state index < -0.39 is 0 Å². The Morgan fingerprint density at radius 2 is 1.72 bits per heavy atom. The summed E-state index contributed by atoms with van der Waals surface area (Å²) < 4.78 is 0. The van der Waals surface area contributed by atoms with Gasteiger partial charge in [-0.05, 0) is 26.0 Å². The standard InChI is InChI=1S/C13H18N2O3/c1-8-6-14-7-9(2)15(8)13(18)12-10(16)4-3-5-11(12)17/h3-5,8-9,14,16-17H,6-7H2,1-2H3. The molecule has 1 heterocycles. The number of nitrogens with zero attached hydrogens (tertiary/aromatic N) is 1. The highest BCUT2D eigenvalue weighted by atomic mass is 16.3. The number of benzene rings is 1. The molecule has 2 unspecified atom stereocenters. The van der Waals surface area contributed by atoms with Gasteiger partial charge in [0.05, 0.1) is 0 Å². The minimum atomic E-state index is -0.327. The molecule has 1 amide bonds. The fourth-order valence-electron chi connectivity index (χ4n) is 2.41. The average molecular weight is 250 g/mol. The fraction of sp³-hybridized carbons (Fsp3) is 0.462. The Hall–Kier alpha value is -1.75. The Labute approximate surface area is 106 Å². The Morgan fingerprint density at radius 3 is 2.22 bits per heavy atom. The number of nitrogens with one attached hydrogen (secondary N) is 1. The van der Waals surface area contributed by atoms with Crippen molar-refractivity contribution in [1.82, 2.24) is 10.2 Å². The molecule has 1 fully saturated rings. The molecule has 0 aliphatic carbocycles. The van der Waals surface area contributed by atoms with Crippen LogP contribution in [0.5, 0.6) is 11.5 Å². The van der Waals surface area contributed by atoms with Crippen molar-refractivity contribution in [3.05, 3.63) is 23.8 Å². The average Bonchev–Trinajstić information content (AvgIpc) is 2.28. The summed E-state index contributed by atoms with van der Waals surface area (Å²) in [6.07, 6.45) is 0. The summed E-state index contributed by atoms with van der Waals surface area (Å²) in [5, 5.41) is 22.7. The van der Waals surface area contributed by atoms with E-state index in [0.717, 1.165) is 0 Å². The van der Waals surface area contributed by atoms with Crippen LogP contribution in [0, 0.1) is 0 Å². The quantitative estimate of drug-likeness (QED) is 0.693. The van der Waals surface area contributed by atoms with Crippen LogP contribution in [0.2, 0.25) is 0 Å². The SMILES string of the molecule is CC1CNCC(C)N1C(=O)c1c(O)cccc1O. The molecule has 1 aromatic rings. The molecule has 1 aromatic carbocycles. The highest BCUT2D eigenvalue weighted by Gasteiger charge is 2.32. The lowest BCUT2D eigenvalue weighted by Crippen LogP contribution is -2.57. The van der Waals surface area contributed by atoms with Gasteiger partial charge in [0.2, 0.25) is 0 Å². The molecule has 0 aromatic heterocycles. The predicted octanol–water partition coefficient (Wildman–Crippen LogP) is 0.920. The van der Waals surface area contributed by atoms with Crippen LogP contribution in [-0.2, 0) is 0 Å².